The molecule has 1 aromatic carbocycles. The SMILES string of the molecule is CCCCCCCCCCCCCC1=C(CCCCC(=O)OCCCC)C(=O)C(C)=C(NCCCC(=O)OCCC)C1=O.CCCCCCCCCCCCCC1=C(OC)C(=O)C(C)=C(NCCCC(=O)OCCCC)C1=O.CCCCOC(=O)CCC[NH3+].Cc1ccc(S(=O)(=O)[O-])cc1.NCCCC(=O)O. The van der Waals surface area contributed by atoms with E-state index in [1.54, 1.807) is 26.0 Å². The molecule has 0 unspecified atom stereocenters. The number of aryl methyl sites for hydroxylation is 1. The number of hydrogen-bond acceptors (Lipinski definition) is 20. The lowest BCUT2D eigenvalue weighted by molar-refractivity contribution is -0.368. The molecule has 2 aliphatic rings. The number of quaternary nitrogens is 1. The lowest BCUT2D eigenvalue weighted by Gasteiger charge is -2.23. The van der Waals surface area contributed by atoms with Crippen molar-refractivity contribution in [1.82, 2.24) is 10.6 Å². The van der Waals surface area contributed by atoms with Gasteiger partial charge >= 0.3 is 29.8 Å². The van der Waals surface area contributed by atoms with Gasteiger partial charge in [-0.05, 0) is 129 Å². The van der Waals surface area contributed by atoms with E-state index in [-0.39, 0.29) is 76.9 Å². The van der Waals surface area contributed by atoms with Crippen LogP contribution in [0.25, 0.3) is 0 Å². The summed E-state index contributed by atoms with van der Waals surface area (Å²) < 4.78 is 57.0. The number of benzene rings is 1. The number of nitrogens with one attached hydrogen (secondary N) is 2. The van der Waals surface area contributed by atoms with Crippen molar-refractivity contribution in [2.24, 2.45) is 5.73 Å². The molecule has 0 radical (unpaired) electrons. The minimum Gasteiger partial charge on any atom is -0.744 e. The lowest BCUT2D eigenvalue weighted by Crippen LogP contribution is -2.50. The molecule has 107 heavy (non-hydrogen) atoms. The molecule has 0 aromatic heterocycles. The van der Waals surface area contributed by atoms with Crippen LogP contribution in [0.1, 0.15) is 337 Å². The smallest absolute Gasteiger partial charge is 0.306 e. The van der Waals surface area contributed by atoms with Crippen molar-refractivity contribution in [2.45, 2.75) is 343 Å². The summed E-state index contributed by atoms with van der Waals surface area (Å²) in [7, 11) is -2.81. The van der Waals surface area contributed by atoms with E-state index in [4.69, 9.17) is 34.5 Å². The molecule has 0 saturated carbocycles. The van der Waals surface area contributed by atoms with Crippen LogP contribution >= 0.6 is 0 Å². The average Bonchev–Trinajstić information content (AvgIpc) is 0.793. The molecule has 0 amide bonds. The van der Waals surface area contributed by atoms with Crippen LogP contribution in [0.3, 0.4) is 0 Å². The van der Waals surface area contributed by atoms with Gasteiger partial charge in [-0.25, -0.2) is 8.42 Å². The largest absolute Gasteiger partial charge is 0.744 e. The number of carboxylic acids is 1. The van der Waals surface area contributed by atoms with Crippen molar-refractivity contribution < 1.29 is 90.6 Å². The van der Waals surface area contributed by atoms with Gasteiger partial charge in [-0.3, -0.25) is 43.2 Å². The van der Waals surface area contributed by atoms with Gasteiger partial charge in [0.05, 0.1) is 62.8 Å². The fraction of sp³-hybridized carbons (Fsp3) is 0.726. The van der Waals surface area contributed by atoms with Gasteiger partial charge in [0, 0.05) is 73.1 Å². The zero-order valence-corrected chi connectivity index (χ0v) is 68.8. The fourth-order valence-electron chi connectivity index (χ4n) is 11.3. The quantitative estimate of drug-likeness (QED) is 0.0133. The number of methoxy groups -OCH3 is 1. The fourth-order valence-corrected chi connectivity index (χ4v) is 11.8. The zero-order chi connectivity index (χ0) is 80.3. The Kier molecular flexibility index (Phi) is 65.8. The Morgan fingerprint density at radius 1 is 0.421 bits per heavy atom. The molecule has 22 nitrogen and oxygen atoms in total. The number of unbranched alkanes of at least 4 members (excludes halogenated alkanes) is 24. The minimum absolute atomic E-state index is 0.0759. The number of nitrogens with two attached hydrogens (primary N) is 1. The topological polar surface area (TPSA) is 355 Å². The number of carbonyl (C=O) groups is 9. The van der Waals surface area contributed by atoms with E-state index in [0.717, 1.165) is 102 Å². The number of rotatable bonds is 58. The molecule has 0 aliphatic heterocycles. The molecule has 23 heteroatoms. The van der Waals surface area contributed by atoms with Crippen LogP contribution in [0, 0.1) is 6.92 Å². The van der Waals surface area contributed by atoms with Crippen LogP contribution in [-0.2, 0) is 77.0 Å². The number of hydrogen-bond donors (Lipinski definition) is 5. The van der Waals surface area contributed by atoms with Crippen LogP contribution in [0.2, 0.25) is 0 Å². The van der Waals surface area contributed by atoms with Crippen LogP contribution < -0.4 is 22.1 Å². The maximum atomic E-state index is 13.7. The number of Topliss-reactive ketones (excluding diaryl/α,β-unsaturated/α-hetero) is 4. The van der Waals surface area contributed by atoms with Gasteiger partial charge in [-0.2, -0.15) is 0 Å². The first-order valence-corrected chi connectivity index (χ1v) is 42.3. The second-order valence-corrected chi connectivity index (χ2v) is 29.0. The summed E-state index contributed by atoms with van der Waals surface area (Å²) in [5.41, 5.74) is 12.8. The average molecular weight is 1530 g/mol. The molecule has 614 valence electrons. The van der Waals surface area contributed by atoms with E-state index in [1.807, 2.05) is 20.8 Å². The first kappa shape index (κ1) is 102. The molecular weight excluding hydrogens is 1390 g/mol. The van der Waals surface area contributed by atoms with E-state index in [9.17, 15) is 56.1 Å². The number of aliphatic carboxylic acids is 1. The van der Waals surface area contributed by atoms with Crippen molar-refractivity contribution in [1.29, 1.82) is 0 Å². The summed E-state index contributed by atoms with van der Waals surface area (Å²) in [5.74, 6) is -1.89. The normalized spacial score (nSPS) is 12.8. The van der Waals surface area contributed by atoms with Gasteiger partial charge in [-0.15, -0.1) is 0 Å². The Bertz CT molecular complexity index is 2900. The highest BCUT2D eigenvalue weighted by atomic mass is 32.2. The molecule has 2 aliphatic carbocycles. The molecule has 8 N–H and O–H groups in total. The predicted octanol–water partition coefficient (Wildman–Crippen LogP) is 16.4. The summed E-state index contributed by atoms with van der Waals surface area (Å²) in [4.78, 5) is 109. The number of carboxylic acid groups (broad SMARTS) is 1. The monoisotopic (exact) mass is 1530 g/mol. The number of ether oxygens (including phenoxy) is 5. The predicted molar refractivity (Wildman–Crippen MR) is 422 cm³/mol. The second-order valence-electron chi connectivity index (χ2n) is 27.6. The Labute approximate surface area is 644 Å². The third-order valence-electron chi connectivity index (χ3n) is 17.9. The third kappa shape index (κ3) is 53.0. The van der Waals surface area contributed by atoms with Gasteiger partial charge in [0.25, 0.3) is 0 Å². The number of carbonyl (C=O) groups excluding carboxylic acids is 8. The van der Waals surface area contributed by atoms with Crippen molar-refractivity contribution >= 4 is 63.1 Å². The second kappa shape index (κ2) is 68.7. The van der Waals surface area contributed by atoms with Crippen molar-refractivity contribution in [2.75, 3.05) is 59.7 Å². The Morgan fingerprint density at radius 2 is 0.757 bits per heavy atom. The van der Waals surface area contributed by atoms with Gasteiger partial charge in [-0.1, -0.05) is 207 Å². The highest BCUT2D eigenvalue weighted by Crippen LogP contribution is 2.32. The Balaban J connectivity index is 0. The van der Waals surface area contributed by atoms with Crippen molar-refractivity contribution in [3.8, 4) is 0 Å². The highest BCUT2D eigenvalue weighted by molar-refractivity contribution is 7.85. The molecule has 3 rings (SSSR count). The molecule has 1 aromatic rings. The zero-order valence-electron chi connectivity index (χ0n) is 68.0. The first-order chi connectivity index (χ1) is 51.4. The maximum absolute atomic E-state index is 13.7. The van der Waals surface area contributed by atoms with Crippen LogP contribution in [0.5, 0.6) is 0 Å². The Hall–Kier alpha value is -6.56. The summed E-state index contributed by atoms with van der Waals surface area (Å²) >= 11 is 0. The van der Waals surface area contributed by atoms with Gasteiger partial charge in [0.15, 0.2) is 11.5 Å². The van der Waals surface area contributed by atoms with Crippen LogP contribution in [-0.4, -0.2) is 131 Å². The number of ketones is 4. The third-order valence-corrected chi connectivity index (χ3v) is 18.7. The van der Waals surface area contributed by atoms with Gasteiger partial charge < -0.3 is 55.4 Å². The maximum Gasteiger partial charge on any atom is 0.306 e. The molecule has 0 heterocycles. The Morgan fingerprint density at radius 3 is 1.11 bits per heavy atom. The molecule has 0 bridgehead atoms. The van der Waals surface area contributed by atoms with Crippen molar-refractivity contribution in [3.05, 3.63) is 74.8 Å². The van der Waals surface area contributed by atoms with E-state index in [1.165, 1.54) is 122 Å². The standard InChI is InChI=1S/C36H61NO6.C29H49NO5.C8H17NO2.C7H8O3S.C4H9NO2/c1-5-8-10-11-12-13-14-15-16-17-18-22-31-30(23-19-20-24-32(38)43-28-9-6-2)35(40)29(4)34(36(31)41)37-26-21-25-33(39)42-27-7-3;1-5-7-9-10-11-12-13-14-15-16-17-19-24-28(33)26(23(3)27(32)29(24)34-4)30-21-18-20-25(31)35-22-8-6-2;1-2-3-7-11-8(10)5-4-6-9;1-6-2-4-7(5-3-6)11(8,9)10;5-3-1-2-4(6)7/h37H,5-28H2,1-4H3;30H,5-22H2,1-4H3;2-7,9H2,1H3;2-5H,1H3,(H,8,9,10);1-3,5H2,(H,6,7). The van der Waals surface area contributed by atoms with Gasteiger partial charge in [0.1, 0.15) is 10.1 Å². The molecule has 0 saturated heterocycles. The van der Waals surface area contributed by atoms with Gasteiger partial charge in [0.2, 0.25) is 17.3 Å². The molecule has 0 fully saturated rings. The minimum atomic E-state index is -4.27. The lowest BCUT2D eigenvalue weighted by atomic mass is 9.82. The first-order valence-electron chi connectivity index (χ1n) is 40.9. The summed E-state index contributed by atoms with van der Waals surface area (Å²) in [5, 5.41) is 14.3. The number of allylic oxidation sites excluding steroid dienone is 5. The van der Waals surface area contributed by atoms with Crippen LogP contribution in [0.15, 0.2) is 74.2 Å². The van der Waals surface area contributed by atoms with E-state index in [2.05, 4.69) is 44.1 Å². The highest BCUT2D eigenvalue weighted by Gasteiger charge is 2.34. The summed E-state index contributed by atoms with van der Waals surface area (Å²) in [6.45, 7) is 21.8. The molecule has 0 spiro atoms. The summed E-state index contributed by atoms with van der Waals surface area (Å²) in [6, 6.07) is 5.78. The van der Waals surface area contributed by atoms with E-state index < -0.39 is 16.1 Å². The number of esters is 4. The van der Waals surface area contributed by atoms with E-state index >= 15 is 0 Å². The van der Waals surface area contributed by atoms with Crippen LogP contribution in [0.4, 0.5) is 0 Å². The molecule has 0 atom stereocenters. The summed E-state index contributed by atoms with van der Waals surface area (Å²) in [6.07, 6.45) is 40.6. The molecular formula is C84H144N4O18S. The van der Waals surface area contributed by atoms with E-state index in [0.29, 0.717) is 150 Å². The van der Waals surface area contributed by atoms with Crippen molar-refractivity contribution in [3.63, 3.8) is 0 Å².